The molecule has 254 valence electrons. The minimum atomic E-state index is -1.36. The number of rotatable bonds is 7. The van der Waals surface area contributed by atoms with Crippen molar-refractivity contribution in [1.29, 1.82) is 0 Å². The van der Waals surface area contributed by atoms with Gasteiger partial charge in [0, 0.05) is 36.9 Å². The lowest BCUT2D eigenvalue weighted by Gasteiger charge is -2.17. The summed E-state index contributed by atoms with van der Waals surface area (Å²) in [5, 5.41) is 4.05. The molecule has 0 amide bonds. The first-order chi connectivity index (χ1) is 25.9. The Morgan fingerprint density at radius 3 is 1.38 bits per heavy atom. The highest BCUT2D eigenvalue weighted by atomic mass is 32.1. The summed E-state index contributed by atoms with van der Waals surface area (Å²) >= 11 is 1.84. The van der Waals surface area contributed by atoms with Crippen LogP contribution in [0.4, 0.5) is 0 Å². The van der Waals surface area contributed by atoms with Crippen LogP contribution in [0.2, 0.25) is 19.6 Å². The highest BCUT2D eigenvalue weighted by molar-refractivity contribution is 7.25. The van der Waals surface area contributed by atoms with E-state index in [1.54, 1.807) is 0 Å². The van der Waals surface area contributed by atoms with Crippen LogP contribution in [-0.4, -0.2) is 23.0 Å². The zero-order chi connectivity index (χ0) is 35.9. The fraction of sp³-hybridized carbons (Fsp3) is 0.0625. The van der Waals surface area contributed by atoms with Crippen LogP contribution in [-0.2, 0) is 0 Å². The summed E-state index contributed by atoms with van der Waals surface area (Å²) in [4.78, 5) is 15.2. The van der Waals surface area contributed by atoms with E-state index >= 15 is 0 Å². The van der Waals surface area contributed by atoms with Gasteiger partial charge in [0.25, 0.3) is 0 Å². The summed E-state index contributed by atoms with van der Waals surface area (Å²) in [7, 11) is -1.36. The molecule has 0 saturated heterocycles. The van der Waals surface area contributed by atoms with Crippen molar-refractivity contribution in [2.24, 2.45) is 0 Å². The van der Waals surface area contributed by atoms with Gasteiger partial charge in [0.1, 0.15) is 0 Å². The summed E-state index contributed by atoms with van der Waals surface area (Å²) in [5.41, 5.74) is 9.83. The summed E-state index contributed by atoms with van der Waals surface area (Å²) in [6.45, 7) is 7.16. The Kier molecular flexibility index (Phi) is 8.38. The second-order valence-electron chi connectivity index (χ2n) is 14.6. The van der Waals surface area contributed by atoms with Gasteiger partial charge in [-0.15, -0.1) is 11.3 Å². The molecule has 0 bridgehead atoms. The minimum absolute atomic E-state index is 0.644. The van der Waals surface area contributed by atoms with E-state index in [4.69, 9.17) is 15.0 Å². The SMILES string of the molecule is C[Si](C)(C)c1ccc(-c2cccc(-c3cccc(-c4nc(-c5ccccc5)nc(-c5cccc(-c6ccc7sc8ccccc8c7c6)c5)n4)c3)c2)cc1. The normalized spacial score (nSPS) is 11.7. The van der Waals surface area contributed by atoms with E-state index in [0.29, 0.717) is 17.5 Å². The highest BCUT2D eigenvalue weighted by Gasteiger charge is 2.17. The number of nitrogens with zero attached hydrogens (tertiary/aromatic N) is 3. The minimum Gasteiger partial charge on any atom is -0.208 e. The smallest absolute Gasteiger partial charge is 0.164 e. The molecule has 0 spiro atoms. The van der Waals surface area contributed by atoms with Gasteiger partial charge in [-0.25, -0.2) is 15.0 Å². The Labute approximate surface area is 315 Å². The van der Waals surface area contributed by atoms with Gasteiger partial charge in [-0.2, -0.15) is 0 Å². The van der Waals surface area contributed by atoms with Crippen LogP contribution in [0, 0.1) is 0 Å². The number of hydrogen-bond donors (Lipinski definition) is 0. The third kappa shape index (κ3) is 6.61. The third-order valence-corrected chi connectivity index (χ3v) is 13.1. The van der Waals surface area contributed by atoms with Crippen molar-refractivity contribution in [1.82, 2.24) is 15.0 Å². The van der Waals surface area contributed by atoms with Crippen molar-refractivity contribution >= 4 is 44.8 Å². The van der Waals surface area contributed by atoms with Crippen molar-refractivity contribution in [2.45, 2.75) is 19.6 Å². The Morgan fingerprint density at radius 1 is 0.340 bits per heavy atom. The summed E-state index contributed by atoms with van der Waals surface area (Å²) in [5.74, 6) is 1.94. The molecule has 0 aliphatic heterocycles. The van der Waals surface area contributed by atoms with Gasteiger partial charge >= 0.3 is 0 Å². The third-order valence-electron chi connectivity index (χ3n) is 9.90. The molecule has 0 radical (unpaired) electrons. The molecule has 7 aromatic carbocycles. The molecule has 3 nitrogen and oxygen atoms in total. The standard InChI is InChI=1S/C48H37N3SSi/c1-53(2,3)41-25-22-32(23-26-41)34-14-9-15-35(28-34)36-16-10-18-39(29-36)47-49-46(33-12-5-4-6-13-33)50-48(51-47)40-19-11-17-37(30-40)38-24-27-45-43(31-38)42-20-7-8-21-44(42)52-45/h4-31H,1-3H3. The monoisotopic (exact) mass is 715 g/mol. The lowest BCUT2D eigenvalue weighted by Crippen LogP contribution is -2.37. The van der Waals surface area contributed by atoms with Gasteiger partial charge in [-0.1, -0.05) is 158 Å². The van der Waals surface area contributed by atoms with Gasteiger partial charge in [0.2, 0.25) is 0 Å². The fourth-order valence-corrected chi connectivity index (χ4v) is 9.23. The van der Waals surface area contributed by atoms with Crippen LogP contribution in [0.25, 0.3) is 87.7 Å². The fourth-order valence-electron chi connectivity index (χ4n) is 6.97. The molecule has 2 heterocycles. The van der Waals surface area contributed by atoms with Crippen molar-refractivity contribution in [3.63, 3.8) is 0 Å². The average Bonchev–Trinajstić information content (AvgIpc) is 3.59. The molecule has 0 saturated carbocycles. The number of benzene rings is 7. The topological polar surface area (TPSA) is 38.7 Å². The van der Waals surface area contributed by atoms with Crippen molar-refractivity contribution in [2.75, 3.05) is 0 Å². The Hall–Kier alpha value is -6.01. The average molecular weight is 716 g/mol. The molecule has 0 aliphatic carbocycles. The summed E-state index contributed by atoms with van der Waals surface area (Å²) < 4.78 is 2.61. The second kappa shape index (κ2) is 13.5. The van der Waals surface area contributed by atoms with Crippen molar-refractivity contribution in [3.8, 4) is 67.5 Å². The van der Waals surface area contributed by atoms with Gasteiger partial charge in [0.15, 0.2) is 17.5 Å². The van der Waals surface area contributed by atoms with Crippen molar-refractivity contribution < 1.29 is 0 Å². The largest absolute Gasteiger partial charge is 0.208 e. The lowest BCUT2D eigenvalue weighted by atomic mass is 9.98. The highest BCUT2D eigenvalue weighted by Crippen LogP contribution is 2.37. The van der Waals surface area contributed by atoms with Crippen LogP contribution >= 0.6 is 11.3 Å². The van der Waals surface area contributed by atoms with Crippen molar-refractivity contribution in [3.05, 3.63) is 170 Å². The molecule has 2 aromatic heterocycles. The lowest BCUT2D eigenvalue weighted by molar-refractivity contribution is 1.07. The number of hydrogen-bond acceptors (Lipinski definition) is 4. The van der Waals surface area contributed by atoms with Crippen LogP contribution < -0.4 is 5.19 Å². The van der Waals surface area contributed by atoms with E-state index < -0.39 is 8.07 Å². The summed E-state index contributed by atoms with van der Waals surface area (Å²) in [6.07, 6.45) is 0. The molecule has 0 aliphatic rings. The molecule has 5 heteroatoms. The molecule has 0 fully saturated rings. The maximum absolute atomic E-state index is 5.13. The molecular formula is C48H37N3SSi. The molecule has 0 atom stereocenters. The summed E-state index contributed by atoms with van der Waals surface area (Å²) in [6, 6.07) is 60.6. The van der Waals surface area contributed by atoms with Crippen LogP contribution in [0.15, 0.2) is 170 Å². The Balaban J connectivity index is 1.10. The van der Waals surface area contributed by atoms with Crippen LogP contribution in [0.5, 0.6) is 0 Å². The quantitative estimate of drug-likeness (QED) is 0.154. The van der Waals surface area contributed by atoms with E-state index in [0.717, 1.165) is 33.4 Å². The molecule has 9 aromatic rings. The molecule has 0 unspecified atom stereocenters. The zero-order valence-electron chi connectivity index (χ0n) is 29.9. The van der Waals surface area contributed by atoms with E-state index in [1.807, 2.05) is 29.5 Å². The first-order valence-electron chi connectivity index (χ1n) is 18.0. The Morgan fingerprint density at radius 2 is 0.774 bits per heavy atom. The number of thiophene rings is 1. The van der Waals surface area contributed by atoms with E-state index in [9.17, 15) is 0 Å². The van der Waals surface area contributed by atoms with Gasteiger partial charge < -0.3 is 0 Å². The Bertz CT molecular complexity index is 2760. The van der Waals surface area contributed by atoms with E-state index in [-0.39, 0.29) is 0 Å². The predicted octanol–water partition coefficient (Wildman–Crippen LogP) is 12.8. The van der Waals surface area contributed by atoms with Gasteiger partial charge in [0.05, 0.1) is 8.07 Å². The zero-order valence-corrected chi connectivity index (χ0v) is 31.7. The molecular weight excluding hydrogens is 679 g/mol. The molecule has 53 heavy (non-hydrogen) atoms. The number of aromatic nitrogens is 3. The second-order valence-corrected chi connectivity index (χ2v) is 20.7. The van der Waals surface area contributed by atoms with E-state index in [2.05, 4.69) is 171 Å². The van der Waals surface area contributed by atoms with Gasteiger partial charge in [-0.3, -0.25) is 0 Å². The number of fused-ring (bicyclic) bond motifs is 3. The van der Waals surface area contributed by atoms with Gasteiger partial charge in [-0.05, 0) is 69.8 Å². The molecule has 9 rings (SSSR count). The maximum atomic E-state index is 5.13. The first kappa shape index (κ1) is 32.9. The first-order valence-corrected chi connectivity index (χ1v) is 22.3. The van der Waals surface area contributed by atoms with E-state index in [1.165, 1.54) is 42.0 Å². The maximum Gasteiger partial charge on any atom is 0.164 e. The predicted molar refractivity (Wildman–Crippen MR) is 228 cm³/mol. The van der Waals surface area contributed by atoms with Crippen LogP contribution in [0.3, 0.4) is 0 Å². The molecule has 0 N–H and O–H groups in total. The van der Waals surface area contributed by atoms with Crippen LogP contribution in [0.1, 0.15) is 0 Å².